The summed E-state index contributed by atoms with van der Waals surface area (Å²) in [5, 5.41) is 17.7. The molecule has 0 bridgehead atoms. The summed E-state index contributed by atoms with van der Waals surface area (Å²) in [6.45, 7) is 0.702. The molecule has 6 nitrogen and oxygen atoms in total. The molecule has 0 aliphatic heterocycles. The Kier molecular flexibility index (Phi) is 6.77. The fraction of sp³-hybridized carbons (Fsp3) is 0.160. The first kappa shape index (κ1) is 21.5. The Morgan fingerprint density at radius 1 is 0.906 bits per heavy atom. The zero-order valence-electron chi connectivity index (χ0n) is 17.4. The van der Waals surface area contributed by atoms with E-state index in [4.69, 9.17) is 5.10 Å². The van der Waals surface area contributed by atoms with Gasteiger partial charge in [-0.1, -0.05) is 54.6 Å². The number of rotatable bonds is 9. The van der Waals surface area contributed by atoms with Crippen molar-refractivity contribution in [2.45, 2.75) is 25.9 Å². The second-order valence-corrected chi connectivity index (χ2v) is 8.32. The molecule has 1 amide bonds. The molecule has 0 atom stereocenters. The van der Waals surface area contributed by atoms with Crippen molar-refractivity contribution in [3.8, 4) is 16.3 Å². The van der Waals surface area contributed by atoms with Crippen LogP contribution in [0, 0.1) is 0 Å². The molecule has 0 radical (unpaired) electrons. The third-order valence-electron chi connectivity index (χ3n) is 5.04. The lowest BCUT2D eigenvalue weighted by Gasteiger charge is -2.23. The number of carbonyl (C=O) groups is 2. The molecule has 2 aromatic carbocycles. The summed E-state index contributed by atoms with van der Waals surface area (Å²) in [6, 6.07) is 23.4. The Bertz CT molecular complexity index is 1170. The average Bonchev–Trinajstić information content (AvgIpc) is 3.48. The summed E-state index contributed by atoms with van der Waals surface area (Å²) in [6.07, 6.45) is 1.54. The van der Waals surface area contributed by atoms with Crippen molar-refractivity contribution < 1.29 is 14.7 Å². The van der Waals surface area contributed by atoms with Gasteiger partial charge in [-0.05, 0) is 35.6 Å². The third-order valence-corrected chi connectivity index (χ3v) is 5.92. The van der Waals surface area contributed by atoms with Crippen LogP contribution in [-0.4, -0.2) is 26.6 Å². The Morgan fingerprint density at radius 3 is 2.28 bits per heavy atom. The van der Waals surface area contributed by atoms with Crippen LogP contribution in [0.2, 0.25) is 0 Å². The van der Waals surface area contributed by atoms with Crippen LogP contribution in [0.15, 0.2) is 84.4 Å². The van der Waals surface area contributed by atoms with E-state index in [0.29, 0.717) is 13.1 Å². The first-order valence-electron chi connectivity index (χ1n) is 10.3. The predicted octanol–water partition coefficient (Wildman–Crippen LogP) is 3.66. The minimum atomic E-state index is -1.23. The second kappa shape index (κ2) is 10.1. The van der Waals surface area contributed by atoms with Gasteiger partial charge in [0, 0.05) is 37.2 Å². The number of benzene rings is 2. The molecule has 2 heterocycles. The van der Waals surface area contributed by atoms with Gasteiger partial charge < -0.3 is 14.8 Å². The molecule has 0 aliphatic carbocycles. The SMILES string of the molecule is O=C([O-])CCC(=O)N(Cc1ccccc1)Cc1cn(-c2ccccc2)nc1-c1cccs1. The number of hydrogen-bond donors (Lipinski definition) is 0. The Hall–Kier alpha value is -3.71. The highest BCUT2D eigenvalue weighted by atomic mass is 32.1. The standard InChI is InChI=1S/C25H23N3O3S/c29-23(13-14-24(30)31)27(16-19-8-3-1-4-9-19)17-20-18-28(21-10-5-2-6-11-21)26-25(20)22-12-7-15-32-22/h1-12,15,18H,13-14,16-17H2,(H,30,31)/p-1. The molecule has 0 N–H and O–H groups in total. The van der Waals surface area contributed by atoms with Gasteiger partial charge in [-0.25, -0.2) is 4.68 Å². The van der Waals surface area contributed by atoms with Crippen molar-refractivity contribution in [2.24, 2.45) is 0 Å². The van der Waals surface area contributed by atoms with E-state index in [9.17, 15) is 14.7 Å². The van der Waals surface area contributed by atoms with Gasteiger partial charge in [0.05, 0.1) is 10.6 Å². The number of amides is 1. The number of hydrogen-bond acceptors (Lipinski definition) is 5. The fourth-order valence-corrected chi connectivity index (χ4v) is 4.21. The maximum absolute atomic E-state index is 12.9. The van der Waals surface area contributed by atoms with Crippen LogP contribution in [-0.2, 0) is 22.7 Å². The first-order chi connectivity index (χ1) is 15.6. The lowest BCUT2D eigenvalue weighted by Crippen LogP contribution is -2.32. The molecular weight excluding hydrogens is 422 g/mol. The smallest absolute Gasteiger partial charge is 0.223 e. The topological polar surface area (TPSA) is 78.3 Å². The number of carbonyl (C=O) groups excluding carboxylic acids is 2. The molecule has 7 heteroatoms. The van der Waals surface area contributed by atoms with Crippen LogP contribution in [0.5, 0.6) is 0 Å². The molecule has 0 aliphatic rings. The number of nitrogens with zero attached hydrogens (tertiary/aromatic N) is 3. The van der Waals surface area contributed by atoms with E-state index in [-0.39, 0.29) is 18.7 Å². The number of thiophene rings is 1. The van der Waals surface area contributed by atoms with Gasteiger partial charge in [0.25, 0.3) is 0 Å². The van der Waals surface area contributed by atoms with Gasteiger partial charge in [0.15, 0.2) is 0 Å². The van der Waals surface area contributed by atoms with Crippen LogP contribution in [0.1, 0.15) is 24.0 Å². The van der Waals surface area contributed by atoms with Crippen molar-refractivity contribution in [3.05, 3.63) is 95.5 Å². The summed E-state index contributed by atoms with van der Waals surface area (Å²) >= 11 is 1.59. The van der Waals surface area contributed by atoms with Crippen molar-refractivity contribution in [3.63, 3.8) is 0 Å². The quantitative estimate of drug-likeness (QED) is 0.395. The highest BCUT2D eigenvalue weighted by molar-refractivity contribution is 7.13. The Morgan fingerprint density at radius 2 is 1.62 bits per heavy atom. The van der Waals surface area contributed by atoms with E-state index >= 15 is 0 Å². The Balaban J connectivity index is 1.67. The number of para-hydroxylation sites is 1. The van der Waals surface area contributed by atoms with Gasteiger partial charge in [0.2, 0.25) is 5.91 Å². The average molecular weight is 445 g/mol. The van der Waals surface area contributed by atoms with Crippen molar-refractivity contribution in [2.75, 3.05) is 0 Å². The zero-order valence-corrected chi connectivity index (χ0v) is 18.2. The van der Waals surface area contributed by atoms with Gasteiger partial charge in [-0.15, -0.1) is 11.3 Å². The summed E-state index contributed by atoms with van der Waals surface area (Å²) in [5.74, 6) is -1.46. The summed E-state index contributed by atoms with van der Waals surface area (Å²) in [5.41, 5.74) is 3.61. The van der Waals surface area contributed by atoms with Gasteiger partial charge in [-0.3, -0.25) is 4.79 Å². The van der Waals surface area contributed by atoms with E-state index in [1.54, 1.807) is 16.2 Å². The maximum atomic E-state index is 12.9. The van der Waals surface area contributed by atoms with E-state index < -0.39 is 5.97 Å². The third kappa shape index (κ3) is 5.31. The van der Waals surface area contributed by atoms with Crippen molar-refractivity contribution in [1.29, 1.82) is 0 Å². The number of carboxylic acids is 1. The van der Waals surface area contributed by atoms with E-state index in [1.807, 2.05) is 89.1 Å². The number of aliphatic carboxylic acids is 1. The molecule has 0 saturated heterocycles. The van der Waals surface area contributed by atoms with E-state index in [0.717, 1.165) is 27.4 Å². The van der Waals surface area contributed by atoms with Gasteiger partial charge in [0.1, 0.15) is 5.69 Å². The maximum Gasteiger partial charge on any atom is 0.223 e. The monoisotopic (exact) mass is 444 g/mol. The molecule has 4 aromatic rings. The normalized spacial score (nSPS) is 10.8. The molecule has 2 aromatic heterocycles. The highest BCUT2D eigenvalue weighted by Crippen LogP contribution is 2.29. The number of carboxylic acid groups (broad SMARTS) is 1. The predicted molar refractivity (Wildman–Crippen MR) is 122 cm³/mol. The zero-order chi connectivity index (χ0) is 22.3. The summed E-state index contributed by atoms with van der Waals surface area (Å²) < 4.78 is 1.82. The van der Waals surface area contributed by atoms with Crippen molar-refractivity contribution in [1.82, 2.24) is 14.7 Å². The van der Waals surface area contributed by atoms with Gasteiger partial charge in [-0.2, -0.15) is 5.10 Å². The largest absolute Gasteiger partial charge is 0.550 e. The lowest BCUT2D eigenvalue weighted by molar-refractivity contribution is -0.305. The molecular formula is C25H22N3O3S-. The fourth-order valence-electron chi connectivity index (χ4n) is 3.47. The minimum absolute atomic E-state index is 0.101. The van der Waals surface area contributed by atoms with Crippen LogP contribution in [0.25, 0.3) is 16.3 Å². The minimum Gasteiger partial charge on any atom is -0.550 e. The van der Waals surface area contributed by atoms with Crippen LogP contribution < -0.4 is 5.11 Å². The van der Waals surface area contributed by atoms with E-state index in [1.165, 1.54) is 0 Å². The Labute approximate surface area is 190 Å². The molecule has 0 saturated carbocycles. The second-order valence-electron chi connectivity index (χ2n) is 7.37. The summed E-state index contributed by atoms with van der Waals surface area (Å²) in [7, 11) is 0. The van der Waals surface area contributed by atoms with Gasteiger partial charge >= 0.3 is 0 Å². The van der Waals surface area contributed by atoms with Crippen molar-refractivity contribution >= 4 is 23.2 Å². The number of aromatic nitrogens is 2. The highest BCUT2D eigenvalue weighted by Gasteiger charge is 2.20. The molecule has 0 unspecified atom stereocenters. The van der Waals surface area contributed by atoms with Crippen LogP contribution in [0.4, 0.5) is 0 Å². The van der Waals surface area contributed by atoms with E-state index in [2.05, 4.69) is 0 Å². The van der Waals surface area contributed by atoms with Crippen LogP contribution >= 0.6 is 11.3 Å². The lowest BCUT2D eigenvalue weighted by atomic mass is 10.1. The molecule has 32 heavy (non-hydrogen) atoms. The summed E-state index contributed by atoms with van der Waals surface area (Å²) in [4.78, 5) is 26.6. The molecule has 162 valence electrons. The molecule has 0 spiro atoms. The van der Waals surface area contributed by atoms with Crippen LogP contribution in [0.3, 0.4) is 0 Å². The molecule has 0 fully saturated rings. The molecule has 4 rings (SSSR count). The first-order valence-corrected chi connectivity index (χ1v) is 11.2.